The second kappa shape index (κ2) is 7.36. The first-order valence-corrected chi connectivity index (χ1v) is 12.2. The number of nitrogens with zero attached hydrogens (tertiary/aromatic N) is 4. The molecular formula is C26H19N5O2S. The lowest BCUT2D eigenvalue weighted by Crippen LogP contribution is -2.24. The van der Waals surface area contributed by atoms with E-state index in [-0.39, 0.29) is 21.0 Å². The fraction of sp³-hybridized carbons (Fsp3) is 0.0385. The number of benzene rings is 3. The van der Waals surface area contributed by atoms with Gasteiger partial charge in [-0.1, -0.05) is 53.0 Å². The number of para-hydroxylation sites is 3. The molecule has 0 spiro atoms. The SMILES string of the molecule is Cc1ccc(S(=O)(=O)c2c([NH-])c3n(-c4ccccc4)cc[n+]3c3nc4ccccc4nc23)cc1. The van der Waals surface area contributed by atoms with E-state index in [0.717, 1.165) is 11.3 Å². The lowest BCUT2D eigenvalue weighted by atomic mass is 10.2. The van der Waals surface area contributed by atoms with Gasteiger partial charge in [-0.05, 0) is 49.0 Å². The summed E-state index contributed by atoms with van der Waals surface area (Å²) in [5, 5.41) is 0. The highest BCUT2D eigenvalue weighted by Gasteiger charge is 2.29. The van der Waals surface area contributed by atoms with E-state index in [4.69, 9.17) is 10.7 Å². The van der Waals surface area contributed by atoms with E-state index in [1.807, 2.05) is 55.5 Å². The maximum Gasteiger partial charge on any atom is 0.295 e. The zero-order chi connectivity index (χ0) is 23.4. The van der Waals surface area contributed by atoms with Crippen LogP contribution in [0.3, 0.4) is 0 Å². The third kappa shape index (κ3) is 2.96. The lowest BCUT2D eigenvalue weighted by Gasteiger charge is -2.16. The third-order valence-electron chi connectivity index (χ3n) is 5.90. The van der Waals surface area contributed by atoms with E-state index in [0.29, 0.717) is 22.3 Å². The van der Waals surface area contributed by atoms with Gasteiger partial charge in [-0.15, -0.1) is 0 Å². The van der Waals surface area contributed by atoms with Crippen molar-refractivity contribution in [1.82, 2.24) is 14.5 Å². The Kier molecular flexibility index (Phi) is 4.40. The van der Waals surface area contributed by atoms with Crippen molar-refractivity contribution < 1.29 is 12.8 Å². The quantitative estimate of drug-likeness (QED) is 0.267. The molecule has 0 bridgehead atoms. The third-order valence-corrected chi connectivity index (χ3v) is 7.73. The Balaban J connectivity index is 1.80. The highest BCUT2D eigenvalue weighted by molar-refractivity contribution is 7.92. The molecule has 0 radical (unpaired) electrons. The van der Waals surface area contributed by atoms with Gasteiger partial charge in [0.25, 0.3) is 5.65 Å². The lowest BCUT2D eigenvalue weighted by molar-refractivity contribution is -0.482. The monoisotopic (exact) mass is 465 g/mol. The van der Waals surface area contributed by atoms with Crippen LogP contribution in [-0.4, -0.2) is 23.0 Å². The summed E-state index contributed by atoms with van der Waals surface area (Å²) in [6.45, 7) is 1.90. The van der Waals surface area contributed by atoms with Gasteiger partial charge in [0, 0.05) is 0 Å². The van der Waals surface area contributed by atoms with Crippen molar-refractivity contribution in [2.45, 2.75) is 16.7 Å². The molecule has 0 atom stereocenters. The van der Waals surface area contributed by atoms with Crippen molar-refractivity contribution in [3.8, 4) is 5.69 Å². The van der Waals surface area contributed by atoms with Crippen LogP contribution in [0.5, 0.6) is 0 Å². The number of hydrogen-bond donors (Lipinski definition) is 0. The second-order valence-corrected chi connectivity index (χ2v) is 9.99. The van der Waals surface area contributed by atoms with Crippen LogP contribution >= 0.6 is 0 Å². The van der Waals surface area contributed by atoms with Crippen molar-refractivity contribution >= 4 is 43.4 Å². The van der Waals surface area contributed by atoms with Gasteiger partial charge >= 0.3 is 0 Å². The molecule has 8 heteroatoms. The number of aromatic nitrogens is 4. The van der Waals surface area contributed by atoms with Crippen LogP contribution in [0.2, 0.25) is 0 Å². The van der Waals surface area contributed by atoms with Gasteiger partial charge in [0.05, 0.1) is 16.0 Å². The molecule has 0 amide bonds. The summed E-state index contributed by atoms with van der Waals surface area (Å²) in [5.41, 5.74) is 12.9. The van der Waals surface area contributed by atoms with Gasteiger partial charge in [0.1, 0.15) is 17.4 Å². The average Bonchev–Trinajstić information content (AvgIpc) is 3.30. The first-order valence-electron chi connectivity index (χ1n) is 10.7. The molecule has 0 unspecified atom stereocenters. The average molecular weight is 466 g/mol. The number of rotatable bonds is 3. The molecule has 0 aliphatic rings. The van der Waals surface area contributed by atoms with E-state index < -0.39 is 9.84 Å². The van der Waals surface area contributed by atoms with Gasteiger partial charge < -0.3 is 5.73 Å². The molecule has 0 saturated carbocycles. The highest BCUT2D eigenvalue weighted by atomic mass is 32.2. The Morgan fingerprint density at radius 2 is 1.50 bits per heavy atom. The van der Waals surface area contributed by atoms with Gasteiger partial charge in [-0.3, -0.25) is 0 Å². The molecule has 3 aromatic heterocycles. The molecular weight excluding hydrogens is 446 g/mol. The summed E-state index contributed by atoms with van der Waals surface area (Å²) in [7, 11) is -4.07. The maximum atomic E-state index is 13.9. The summed E-state index contributed by atoms with van der Waals surface area (Å²) in [4.78, 5) is 9.43. The number of sulfone groups is 1. The fourth-order valence-electron chi connectivity index (χ4n) is 4.23. The molecule has 7 nitrogen and oxygen atoms in total. The Morgan fingerprint density at radius 3 is 2.21 bits per heavy atom. The Bertz CT molecular complexity index is 1830. The minimum Gasteiger partial charge on any atom is -0.692 e. The van der Waals surface area contributed by atoms with Crippen LogP contribution in [0.25, 0.3) is 39.3 Å². The maximum absolute atomic E-state index is 13.9. The van der Waals surface area contributed by atoms with Crippen LogP contribution < -0.4 is 4.40 Å². The molecule has 166 valence electrons. The summed E-state index contributed by atoms with van der Waals surface area (Å²) < 4.78 is 31.4. The van der Waals surface area contributed by atoms with Gasteiger partial charge in [-0.25, -0.2) is 18.0 Å². The number of nitrogens with one attached hydrogen (secondary N) is 1. The minimum atomic E-state index is -4.07. The zero-order valence-corrected chi connectivity index (χ0v) is 19.0. The fourth-order valence-corrected chi connectivity index (χ4v) is 5.71. The molecule has 6 aromatic rings. The molecule has 3 aromatic carbocycles. The van der Waals surface area contributed by atoms with Crippen molar-refractivity contribution in [2.24, 2.45) is 0 Å². The highest BCUT2D eigenvalue weighted by Crippen LogP contribution is 2.37. The largest absolute Gasteiger partial charge is 0.692 e. The van der Waals surface area contributed by atoms with Crippen molar-refractivity contribution in [2.75, 3.05) is 0 Å². The van der Waals surface area contributed by atoms with Crippen LogP contribution in [0.1, 0.15) is 5.56 Å². The molecule has 3 heterocycles. The van der Waals surface area contributed by atoms with E-state index in [1.54, 1.807) is 51.7 Å². The van der Waals surface area contributed by atoms with Crippen LogP contribution in [-0.2, 0) is 9.84 Å². The number of aryl methyl sites for hydroxylation is 1. The van der Waals surface area contributed by atoms with E-state index in [2.05, 4.69) is 4.98 Å². The second-order valence-electron chi connectivity index (χ2n) is 8.10. The number of hydrogen-bond acceptors (Lipinski definition) is 4. The first kappa shape index (κ1) is 20.3. The summed E-state index contributed by atoms with van der Waals surface area (Å²) in [6, 6.07) is 23.5. The van der Waals surface area contributed by atoms with E-state index in [1.165, 1.54) is 0 Å². The Morgan fingerprint density at radius 1 is 0.853 bits per heavy atom. The predicted molar refractivity (Wildman–Crippen MR) is 130 cm³/mol. The van der Waals surface area contributed by atoms with Crippen molar-refractivity contribution in [1.29, 1.82) is 0 Å². The number of pyridine rings is 1. The summed E-state index contributed by atoms with van der Waals surface area (Å²) in [5.74, 6) is 0. The number of fused-ring (bicyclic) bond motifs is 4. The molecule has 34 heavy (non-hydrogen) atoms. The molecule has 0 saturated heterocycles. The topological polar surface area (TPSA) is 92.8 Å². The Hall–Kier alpha value is -4.30. The molecule has 0 fully saturated rings. The first-order chi connectivity index (χ1) is 16.4. The van der Waals surface area contributed by atoms with E-state index in [9.17, 15) is 8.42 Å². The number of imidazole rings is 1. The van der Waals surface area contributed by atoms with Crippen LogP contribution in [0.4, 0.5) is 5.69 Å². The Labute approximate surface area is 195 Å². The van der Waals surface area contributed by atoms with E-state index >= 15 is 0 Å². The molecule has 0 aliphatic carbocycles. The van der Waals surface area contributed by atoms with Crippen LogP contribution in [0, 0.1) is 6.92 Å². The van der Waals surface area contributed by atoms with Crippen molar-refractivity contribution in [3.63, 3.8) is 0 Å². The minimum absolute atomic E-state index is 0.116. The molecule has 0 aliphatic heterocycles. The zero-order valence-electron chi connectivity index (χ0n) is 18.2. The summed E-state index contributed by atoms with van der Waals surface area (Å²) >= 11 is 0. The van der Waals surface area contributed by atoms with Crippen molar-refractivity contribution in [3.05, 3.63) is 103 Å². The molecule has 1 N–H and O–H groups in total. The standard InChI is InChI=1S/C26H19N5O2S/c1-17-11-13-19(14-12-17)34(32,33)24-22(27)26-30(18-7-3-2-4-8-18)15-16-31(26)25-23(24)28-20-9-5-6-10-21(20)29-25/h2-16,27H,1H3. The van der Waals surface area contributed by atoms with Gasteiger partial charge in [0.15, 0.2) is 11.0 Å². The van der Waals surface area contributed by atoms with Gasteiger partial charge in [0.2, 0.25) is 15.5 Å². The van der Waals surface area contributed by atoms with Crippen LogP contribution in [0.15, 0.2) is 101 Å². The molecule has 6 rings (SSSR count). The predicted octanol–water partition coefficient (Wildman–Crippen LogP) is 5.14. The smallest absolute Gasteiger partial charge is 0.295 e. The van der Waals surface area contributed by atoms with Gasteiger partial charge in [-0.2, -0.15) is 4.40 Å². The summed E-state index contributed by atoms with van der Waals surface area (Å²) in [6.07, 6.45) is 3.59. The normalized spacial score (nSPS) is 12.0.